The molecule has 0 radical (unpaired) electrons. The first kappa shape index (κ1) is 19.4. The molecule has 1 aliphatic carbocycles. The molecule has 1 aromatic carbocycles. The molecule has 0 atom stereocenters. The molecule has 0 bridgehead atoms. The molecule has 27 heavy (non-hydrogen) atoms. The van der Waals surface area contributed by atoms with Gasteiger partial charge < -0.3 is 15.0 Å². The average molecular weight is 387 g/mol. The van der Waals surface area contributed by atoms with Crippen LogP contribution in [0.15, 0.2) is 30.3 Å². The van der Waals surface area contributed by atoms with Crippen molar-refractivity contribution < 1.29 is 14.3 Å². The van der Waals surface area contributed by atoms with E-state index in [-0.39, 0.29) is 12.5 Å². The Bertz CT molecular complexity index is 790. The van der Waals surface area contributed by atoms with E-state index in [1.54, 1.807) is 0 Å². The van der Waals surface area contributed by atoms with Crippen molar-refractivity contribution in [2.45, 2.75) is 46.1 Å². The number of carbonyl (C=O) groups excluding carboxylic acids is 2. The van der Waals surface area contributed by atoms with Crippen LogP contribution in [0.4, 0.5) is 11.4 Å². The molecule has 1 N–H and O–H groups in total. The molecule has 144 valence electrons. The average Bonchev–Trinajstić information content (AvgIpc) is 3.23. The van der Waals surface area contributed by atoms with Gasteiger partial charge in [0.2, 0.25) is 0 Å². The number of thiophene rings is 1. The van der Waals surface area contributed by atoms with Gasteiger partial charge in [-0.15, -0.1) is 11.3 Å². The van der Waals surface area contributed by atoms with E-state index < -0.39 is 5.97 Å². The number of rotatable bonds is 7. The fourth-order valence-electron chi connectivity index (χ4n) is 3.41. The van der Waals surface area contributed by atoms with Crippen LogP contribution in [-0.4, -0.2) is 31.1 Å². The third kappa shape index (κ3) is 4.69. The van der Waals surface area contributed by atoms with Crippen LogP contribution in [0.1, 0.15) is 47.3 Å². The third-order valence-corrected chi connectivity index (χ3v) is 5.95. The summed E-state index contributed by atoms with van der Waals surface area (Å²) in [4.78, 5) is 28.3. The summed E-state index contributed by atoms with van der Waals surface area (Å²) in [5.41, 5.74) is 3.05. The number of amides is 1. The van der Waals surface area contributed by atoms with Gasteiger partial charge in [-0.3, -0.25) is 4.79 Å². The quantitative estimate of drug-likeness (QED) is 0.722. The topological polar surface area (TPSA) is 58.6 Å². The standard InChI is InChI=1S/C21H26N2O3S/c1-4-23(14(2)3)17-10-8-16(9-11-17)22-20(24)13-26-21(25)19-12-15-6-5-7-18(15)27-19/h8-12,14H,4-7,13H2,1-3H3,(H,22,24). The predicted octanol–water partition coefficient (Wildman–Crippen LogP) is 4.27. The molecule has 0 unspecified atom stereocenters. The first-order valence-electron chi connectivity index (χ1n) is 9.43. The van der Waals surface area contributed by atoms with E-state index in [1.165, 1.54) is 21.8 Å². The molecule has 1 heterocycles. The van der Waals surface area contributed by atoms with Gasteiger partial charge in [-0.25, -0.2) is 4.79 Å². The first-order valence-corrected chi connectivity index (χ1v) is 10.2. The first-order chi connectivity index (χ1) is 13.0. The molecule has 0 aliphatic heterocycles. The Morgan fingerprint density at radius 2 is 1.96 bits per heavy atom. The van der Waals surface area contributed by atoms with Crippen molar-refractivity contribution >= 4 is 34.6 Å². The summed E-state index contributed by atoms with van der Waals surface area (Å²) in [6.45, 7) is 7.06. The van der Waals surface area contributed by atoms with Crippen molar-refractivity contribution in [1.82, 2.24) is 0 Å². The van der Waals surface area contributed by atoms with Gasteiger partial charge in [0.05, 0.1) is 0 Å². The largest absolute Gasteiger partial charge is 0.451 e. The van der Waals surface area contributed by atoms with Crippen LogP contribution in [-0.2, 0) is 22.4 Å². The van der Waals surface area contributed by atoms with Crippen LogP contribution < -0.4 is 10.2 Å². The third-order valence-electron chi connectivity index (χ3n) is 4.73. The van der Waals surface area contributed by atoms with Crippen molar-refractivity contribution in [3.05, 3.63) is 45.6 Å². The minimum absolute atomic E-state index is 0.282. The van der Waals surface area contributed by atoms with E-state index in [1.807, 2.05) is 30.3 Å². The normalized spacial score (nSPS) is 12.7. The van der Waals surface area contributed by atoms with Crippen molar-refractivity contribution in [3.63, 3.8) is 0 Å². The maximum atomic E-state index is 12.1. The number of nitrogens with zero attached hydrogens (tertiary/aromatic N) is 1. The number of benzene rings is 1. The molecule has 2 aromatic rings. The van der Waals surface area contributed by atoms with Gasteiger partial charge in [0.25, 0.3) is 5.91 Å². The molecule has 1 amide bonds. The van der Waals surface area contributed by atoms with Crippen LogP contribution in [0.2, 0.25) is 0 Å². The number of hydrogen-bond acceptors (Lipinski definition) is 5. The second kappa shape index (κ2) is 8.57. The van der Waals surface area contributed by atoms with Gasteiger partial charge >= 0.3 is 5.97 Å². The smallest absolute Gasteiger partial charge is 0.348 e. The zero-order chi connectivity index (χ0) is 19.4. The molecule has 0 saturated carbocycles. The van der Waals surface area contributed by atoms with Gasteiger partial charge in [-0.05, 0) is 75.9 Å². The van der Waals surface area contributed by atoms with Gasteiger partial charge in [0, 0.05) is 28.8 Å². The fourth-order valence-corrected chi connectivity index (χ4v) is 4.56. The molecule has 1 aliphatic rings. The second-order valence-corrected chi connectivity index (χ2v) is 8.10. The van der Waals surface area contributed by atoms with Crippen LogP contribution in [0.3, 0.4) is 0 Å². The van der Waals surface area contributed by atoms with Crippen LogP contribution >= 0.6 is 11.3 Å². The van der Waals surface area contributed by atoms with Gasteiger partial charge in [-0.1, -0.05) is 0 Å². The lowest BCUT2D eigenvalue weighted by Crippen LogP contribution is -2.30. The highest BCUT2D eigenvalue weighted by molar-refractivity contribution is 7.14. The highest BCUT2D eigenvalue weighted by Crippen LogP contribution is 2.30. The Morgan fingerprint density at radius 3 is 2.59 bits per heavy atom. The lowest BCUT2D eigenvalue weighted by Gasteiger charge is -2.27. The van der Waals surface area contributed by atoms with Gasteiger partial charge in [0.15, 0.2) is 6.61 Å². The zero-order valence-corrected chi connectivity index (χ0v) is 16.9. The summed E-state index contributed by atoms with van der Waals surface area (Å²) < 4.78 is 5.16. The van der Waals surface area contributed by atoms with Crippen LogP contribution in [0.5, 0.6) is 0 Å². The maximum absolute atomic E-state index is 12.1. The number of anilines is 2. The van der Waals surface area contributed by atoms with E-state index in [0.29, 0.717) is 16.6 Å². The summed E-state index contributed by atoms with van der Waals surface area (Å²) in [5, 5.41) is 2.77. The summed E-state index contributed by atoms with van der Waals surface area (Å²) in [6, 6.07) is 10.0. The highest BCUT2D eigenvalue weighted by Gasteiger charge is 2.20. The summed E-state index contributed by atoms with van der Waals surface area (Å²) in [7, 11) is 0. The van der Waals surface area contributed by atoms with Crippen molar-refractivity contribution in [3.8, 4) is 0 Å². The Kier molecular flexibility index (Phi) is 6.16. The Labute approximate surface area is 164 Å². The van der Waals surface area contributed by atoms with E-state index in [4.69, 9.17) is 4.74 Å². The molecule has 0 saturated heterocycles. The lowest BCUT2D eigenvalue weighted by molar-refractivity contribution is -0.119. The maximum Gasteiger partial charge on any atom is 0.348 e. The van der Waals surface area contributed by atoms with E-state index in [0.717, 1.165) is 31.5 Å². The Balaban J connectivity index is 1.50. The highest BCUT2D eigenvalue weighted by atomic mass is 32.1. The Morgan fingerprint density at radius 1 is 1.22 bits per heavy atom. The summed E-state index contributed by atoms with van der Waals surface area (Å²) in [5.74, 6) is -0.758. The number of hydrogen-bond donors (Lipinski definition) is 1. The number of aryl methyl sites for hydroxylation is 2. The molecule has 6 heteroatoms. The molecular weight excluding hydrogens is 360 g/mol. The van der Waals surface area contributed by atoms with E-state index in [2.05, 4.69) is 31.0 Å². The molecule has 1 aromatic heterocycles. The minimum Gasteiger partial charge on any atom is -0.451 e. The van der Waals surface area contributed by atoms with Gasteiger partial charge in [-0.2, -0.15) is 0 Å². The van der Waals surface area contributed by atoms with Gasteiger partial charge in [0.1, 0.15) is 4.88 Å². The summed E-state index contributed by atoms with van der Waals surface area (Å²) in [6.07, 6.45) is 3.22. The van der Waals surface area contributed by atoms with Crippen molar-refractivity contribution in [2.75, 3.05) is 23.4 Å². The van der Waals surface area contributed by atoms with Crippen LogP contribution in [0.25, 0.3) is 0 Å². The van der Waals surface area contributed by atoms with Crippen LogP contribution in [0, 0.1) is 0 Å². The van der Waals surface area contributed by atoms with Crippen molar-refractivity contribution in [2.24, 2.45) is 0 Å². The molecule has 5 nitrogen and oxygen atoms in total. The minimum atomic E-state index is -0.421. The number of ether oxygens (including phenoxy) is 1. The van der Waals surface area contributed by atoms with E-state index in [9.17, 15) is 9.59 Å². The zero-order valence-electron chi connectivity index (χ0n) is 16.1. The van der Waals surface area contributed by atoms with Crippen molar-refractivity contribution in [1.29, 1.82) is 0 Å². The molecule has 0 fully saturated rings. The SMILES string of the molecule is CCN(c1ccc(NC(=O)COC(=O)c2cc3c(s2)CCC3)cc1)C(C)C. The predicted molar refractivity (Wildman–Crippen MR) is 110 cm³/mol. The lowest BCUT2D eigenvalue weighted by atomic mass is 10.2. The Hall–Kier alpha value is -2.34. The number of nitrogens with one attached hydrogen (secondary N) is 1. The second-order valence-electron chi connectivity index (χ2n) is 6.96. The number of carbonyl (C=O) groups is 2. The van der Waals surface area contributed by atoms with E-state index >= 15 is 0 Å². The molecule has 3 rings (SSSR count). The summed E-state index contributed by atoms with van der Waals surface area (Å²) >= 11 is 1.48. The molecule has 0 spiro atoms. The fraction of sp³-hybridized carbons (Fsp3) is 0.429. The monoisotopic (exact) mass is 386 g/mol. The number of esters is 1. The number of fused-ring (bicyclic) bond motifs is 1. The molecular formula is C21H26N2O3S.